The first-order valence-corrected chi connectivity index (χ1v) is 11.6. The topological polar surface area (TPSA) is 87.6 Å². The normalized spacial score (nSPS) is 17.6. The van der Waals surface area contributed by atoms with E-state index in [0.29, 0.717) is 41.0 Å². The molecule has 0 radical (unpaired) electrons. The Kier molecular flexibility index (Phi) is 7.78. The minimum atomic E-state index is -4.47. The lowest BCUT2D eigenvalue weighted by atomic mass is 10.0. The van der Waals surface area contributed by atoms with Gasteiger partial charge >= 0.3 is 12.1 Å². The van der Waals surface area contributed by atoms with Crippen LogP contribution in [0.3, 0.4) is 0 Å². The van der Waals surface area contributed by atoms with Gasteiger partial charge in [-0.3, -0.25) is 0 Å². The molecule has 37 heavy (non-hydrogen) atoms. The summed E-state index contributed by atoms with van der Waals surface area (Å²) in [6, 6.07) is 10.4. The maximum absolute atomic E-state index is 14.4. The lowest BCUT2D eigenvalue weighted by Gasteiger charge is -2.28. The summed E-state index contributed by atoms with van der Waals surface area (Å²) in [4.78, 5) is 11.1. The van der Waals surface area contributed by atoms with E-state index >= 15 is 0 Å². The largest absolute Gasteiger partial charge is 0.495 e. The predicted molar refractivity (Wildman–Crippen MR) is 133 cm³/mol. The van der Waals surface area contributed by atoms with Crippen LogP contribution in [0.15, 0.2) is 42.5 Å². The first kappa shape index (κ1) is 26.2. The summed E-state index contributed by atoms with van der Waals surface area (Å²) in [5.74, 6) is 4.83. The maximum Gasteiger partial charge on any atom is 0.406 e. The molecule has 196 valence electrons. The van der Waals surface area contributed by atoms with Crippen molar-refractivity contribution in [3.05, 3.63) is 53.7 Å². The zero-order chi connectivity index (χ0) is 26.6. The molecular weight excluding hydrogens is 492 g/mol. The van der Waals surface area contributed by atoms with Crippen LogP contribution in [0.5, 0.6) is 5.75 Å². The van der Waals surface area contributed by atoms with Gasteiger partial charge in [-0.2, -0.15) is 13.2 Å². The molecule has 0 spiro atoms. The lowest BCUT2D eigenvalue weighted by Crippen LogP contribution is -2.45. The van der Waals surface area contributed by atoms with E-state index in [1.807, 2.05) is 0 Å². The average molecular weight is 519 g/mol. The standard InChI is InChI=1S/C26H26F4N4O3/c1-37-24-12-16(25(35)36)7-8-22(24)32-10-3-4-17-13-18-20(33-21-9-11-31-14-19(21)27)5-2-6-23(18)34(17)15-26(28,29)30/h2,5-8,12-13,19,21,31-33H,9-11,14-15H2,1H3,(H,35,36)/t19-,21+/m1/s1. The van der Waals surface area contributed by atoms with E-state index in [1.54, 1.807) is 24.3 Å². The summed E-state index contributed by atoms with van der Waals surface area (Å²) in [6.45, 7) is -0.284. The van der Waals surface area contributed by atoms with Crippen LogP contribution in [-0.4, -0.2) is 60.8 Å². The Balaban J connectivity index is 1.61. The van der Waals surface area contributed by atoms with Crippen molar-refractivity contribution in [3.8, 4) is 17.6 Å². The van der Waals surface area contributed by atoms with Crippen LogP contribution in [0, 0.1) is 11.8 Å². The van der Waals surface area contributed by atoms with Gasteiger partial charge in [0.05, 0.1) is 42.2 Å². The minimum Gasteiger partial charge on any atom is -0.495 e. The number of piperidine rings is 1. The van der Waals surface area contributed by atoms with Gasteiger partial charge in [-0.1, -0.05) is 12.0 Å². The van der Waals surface area contributed by atoms with Crippen molar-refractivity contribution < 1.29 is 32.2 Å². The van der Waals surface area contributed by atoms with Gasteiger partial charge in [-0.25, -0.2) is 9.18 Å². The van der Waals surface area contributed by atoms with Crippen LogP contribution in [-0.2, 0) is 6.54 Å². The number of methoxy groups -OCH3 is 1. The molecule has 1 aliphatic heterocycles. The molecule has 0 saturated carbocycles. The fourth-order valence-corrected chi connectivity index (χ4v) is 4.29. The summed E-state index contributed by atoms with van der Waals surface area (Å²) in [6.07, 6.45) is -5.04. The Bertz CT molecular complexity index is 1340. The molecule has 1 aromatic heterocycles. The van der Waals surface area contributed by atoms with E-state index in [-0.39, 0.29) is 24.3 Å². The molecule has 3 aromatic rings. The fraction of sp³-hybridized carbons (Fsp3) is 0.346. The molecule has 2 atom stereocenters. The third-order valence-corrected chi connectivity index (χ3v) is 6.06. The molecule has 0 aliphatic carbocycles. The van der Waals surface area contributed by atoms with Crippen LogP contribution in [0.25, 0.3) is 10.9 Å². The van der Waals surface area contributed by atoms with E-state index < -0.39 is 30.9 Å². The molecule has 4 N–H and O–H groups in total. The molecule has 11 heteroatoms. The number of fused-ring (bicyclic) bond motifs is 1. The maximum atomic E-state index is 14.4. The highest BCUT2D eigenvalue weighted by atomic mass is 19.4. The van der Waals surface area contributed by atoms with E-state index in [9.17, 15) is 22.4 Å². The second-order valence-corrected chi connectivity index (χ2v) is 8.60. The van der Waals surface area contributed by atoms with E-state index in [0.717, 1.165) is 4.57 Å². The number of carboxylic acid groups (broad SMARTS) is 1. The highest BCUT2D eigenvalue weighted by Gasteiger charge is 2.30. The third kappa shape index (κ3) is 6.27. The summed E-state index contributed by atoms with van der Waals surface area (Å²) >= 11 is 0. The second-order valence-electron chi connectivity index (χ2n) is 8.60. The van der Waals surface area contributed by atoms with E-state index in [1.165, 1.54) is 25.3 Å². The number of aromatic carboxylic acids is 1. The summed E-state index contributed by atoms with van der Waals surface area (Å²) < 4.78 is 60.9. The van der Waals surface area contributed by atoms with Crippen LogP contribution >= 0.6 is 0 Å². The van der Waals surface area contributed by atoms with Crippen LogP contribution in [0.4, 0.5) is 28.9 Å². The van der Waals surface area contributed by atoms with Gasteiger partial charge in [0.1, 0.15) is 18.5 Å². The van der Waals surface area contributed by atoms with Gasteiger partial charge in [0, 0.05) is 17.6 Å². The number of hydrogen-bond donors (Lipinski definition) is 4. The molecule has 1 fully saturated rings. The van der Waals surface area contributed by atoms with Gasteiger partial charge in [0.15, 0.2) is 0 Å². The molecule has 0 unspecified atom stereocenters. The molecule has 0 bridgehead atoms. The summed E-state index contributed by atoms with van der Waals surface area (Å²) in [7, 11) is 1.40. The molecule has 1 saturated heterocycles. The van der Waals surface area contributed by atoms with E-state index in [4.69, 9.17) is 9.84 Å². The van der Waals surface area contributed by atoms with Crippen molar-refractivity contribution in [2.45, 2.75) is 31.4 Å². The Hall–Kier alpha value is -3.91. The number of benzene rings is 2. The van der Waals surface area contributed by atoms with Crippen molar-refractivity contribution in [2.24, 2.45) is 0 Å². The van der Waals surface area contributed by atoms with Gasteiger partial charge in [0.2, 0.25) is 0 Å². The van der Waals surface area contributed by atoms with Crippen molar-refractivity contribution in [3.63, 3.8) is 0 Å². The SMILES string of the molecule is COc1cc(C(=O)O)ccc1NCC#Cc1cc2c(N[C@H]3CCNC[C@H]3F)cccc2n1CC(F)(F)F. The molecule has 4 rings (SSSR count). The third-order valence-electron chi connectivity index (χ3n) is 6.06. The Morgan fingerprint density at radius 2 is 2.05 bits per heavy atom. The zero-order valence-corrected chi connectivity index (χ0v) is 20.0. The smallest absolute Gasteiger partial charge is 0.406 e. The number of carboxylic acids is 1. The zero-order valence-electron chi connectivity index (χ0n) is 20.0. The number of rotatable bonds is 7. The number of alkyl halides is 4. The molecule has 2 aromatic carbocycles. The average Bonchev–Trinajstić information content (AvgIpc) is 3.19. The van der Waals surface area contributed by atoms with Gasteiger partial charge < -0.3 is 30.4 Å². The number of ether oxygens (including phenoxy) is 1. The van der Waals surface area contributed by atoms with Gasteiger partial charge in [0.25, 0.3) is 0 Å². The summed E-state index contributed by atoms with van der Waals surface area (Å²) in [5, 5.41) is 18.8. The number of anilines is 2. The highest BCUT2D eigenvalue weighted by Crippen LogP contribution is 2.31. The first-order valence-electron chi connectivity index (χ1n) is 11.6. The quantitative estimate of drug-likeness (QED) is 0.273. The van der Waals surface area contributed by atoms with Crippen molar-refractivity contribution in [2.75, 3.05) is 37.4 Å². The number of halogens is 4. The number of hydrogen-bond acceptors (Lipinski definition) is 5. The number of carbonyl (C=O) groups is 1. The molecular formula is C26H26F4N4O3. The Labute approximate surface area is 210 Å². The molecule has 2 heterocycles. The van der Waals surface area contributed by atoms with E-state index in [2.05, 4.69) is 27.8 Å². The van der Waals surface area contributed by atoms with Crippen LogP contribution < -0.4 is 20.7 Å². The highest BCUT2D eigenvalue weighted by molar-refractivity contribution is 5.94. The van der Waals surface area contributed by atoms with Crippen molar-refractivity contribution in [1.82, 2.24) is 9.88 Å². The van der Waals surface area contributed by atoms with Crippen molar-refractivity contribution in [1.29, 1.82) is 0 Å². The monoisotopic (exact) mass is 518 g/mol. The predicted octanol–water partition coefficient (Wildman–Crippen LogP) is 4.49. The van der Waals surface area contributed by atoms with Crippen LogP contribution in [0.2, 0.25) is 0 Å². The molecule has 1 aliphatic rings. The number of nitrogens with one attached hydrogen (secondary N) is 3. The Morgan fingerprint density at radius 1 is 1.24 bits per heavy atom. The molecule has 0 amide bonds. The Morgan fingerprint density at radius 3 is 2.76 bits per heavy atom. The van der Waals surface area contributed by atoms with Gasteiger partial charge in [-0.15, -0.1) is 0 Å². The number of aromatic nitrogens is 1. The minimum absolute atomic E-state index is 0.0538. The van der Waals surface area contributed by atoms with Crippen molar-refractivity contribution >= 4 is 28.2 Å². The lowest BCUT2D eigenvalue weighted by molar-refractivity contribution is -0.140. The second kappa shape index (κ2) is 11.0. The van der Waals surface area contributed by atoms with Crippen LogP contribution in [0.1, 0.15) is 22.5 Å². The molecule has 7 nitrogen and oxygen atoms in total. The van der Waals surface area contributed by atoms with Gasteiger partial charge in [-0.05, 0) is 55.3 Å². The summed E-state index contributed by atoms with van der Waals surface area (Å²) in [5.41, 5.74) is 1.61. The fourth-order valence-electron chi connectivity index (χ4n) is 4.29. The number of nitrogens with zero attached hydrogens (tertiary/aromatic N) is 1. The first-order chi connectivity index (χ1) is 17.7.